The molecule has 5 rings (SSSR count). The molecule has 42 heavy (non-hydrogen) atoms. The van der Waals surface area contributed by atoms with E-state index in [1.807, 2.05) is 0 Å². The molecule has 5 fully saturated rings. The molecule has 0 radical (unpaired) electrons. The number of nitrogens with zero attached hydrogens (tertiary/aromatic N) is 1. The van der Waals surface area contributed by atoms with Gasteiger partial charge in [-0.05, 0) is 150 Å². The third-order valence-electron chi connectivity index (χ3n) is 15.5. The first-order valence-electron chi connectivity index (χ1n) is 17.7. The monoisotopic (exact) mass is 580 g/mol. The van der Waals surface area contributed by atoms with Crippen LogP contribution in [0.15, 0.2) is 12.2 Å². The number of allylic oxidation sites excluding steroid dienone is 1. The zero-order valence-corrected chi connectivity index (χ0v) is 29.0. The van der Waals surface area contributed by atoms with E-state index in [1.165, 1.54) is 44.1 Å². The molecule has 11 atom stereocenters. The quantitative estimate of drug-likeness (QED) is 0.254. The van der Waals surface area contributed by atoms with Crippen molar-refractivity contribution in [3.05, 3.63) is 12.2 Å². The number of aliphatic hydroxyl groups is 2. The van der Waals surface area contributed by atoms with E-state index in [9.17, 15) is 10.2 Å². The fraction of sp³-hybridized carbons (Fsp3) is 0.897. The van der Waals surface area contributed by atoms with Gasteiger partial charge in [-0.3, -0.25) is 4.90 Å². The summed E-state index contributed by atoms with van der Waals surface area (Å²) in [6.07, 6.45) is 11.0. The van der Waals surface area contributed by atoms with E-state index in [-0.39, 0.29) is 22.3 Å². The minimum atomic E-state index is -0.558. The van der Waals surface area contributed by atoms with Crippen molar-refractivity contribution < 1.29 is 10.2 Å². The van der Waals surface area contributed by atoms with Gasteiger partial charge in [0.1, 0.15) is 6.10 Å². The standard InChI is InChI=1S/C39H65NO2/c1-25(2)28-16-21-39(33(42)13-12-24-40(26(3)4)27(5)6)23-22-37(10)29(34(28)39)14-15-31-36(9)19-18-32(41)35(7,8)30(36)17-20-38(31,37)11/h26-34,41-42H,1,14-24H2,2-11H3/t28-,29+,30-,31+,32-,33-,34+,36-,37+,38+,39+/m0/s1. The molecule has 3 nitrogen and oxygen atoms in total. The second kappa shape index (κ2) is 10.9. The summed E-state index contributed by atoms with van der Waals surface area (Å²) in [5.74, 6) is 9.79. The summed E-state index contributed by atoms with van der Waals surface area (Å²) in [6, 6.07) is 0.894. The lowest BCUT2D eigenvalue weighted by Gasteiger charge is -2.73. The molecule has 0 saturated heterocycles. The van der Waals surface area contributed by atoms with Crippen molar-refractivity contribution in [3.63, 3.8) is 0 Å². The summed E-state index contributed by atoms with van der Waals surface area (Å²) >= 11 is 0. The first-order chi connectivity index (χ1) is 19.5. The maximum atomic E-state index is 12.0. The summed E-state index contributed by atoms with van der Waals surface area (Å²) in [6.45, 7) is 29.2. The molecule has 0 spiro atoms. The second-order valence-corrected chi connectivity index (χ2v) is 17.9. The zero-order chi connectivity index (χ0) is 31.0. The first kappa shape index (κ1) is 32.6. The molecule has 0 aromatic heterocycles. The molecular formula is C39H65NO2. The van der Waals surface area contributed by atoms with Crippen LogP contribution >= 0.6 is 0 Å². The number of hydrogen-bond donors (Lipinski definition) is 2. The van der Waals surface area contributed by atoms with Gasteiger partial charge in [0.25, 0.3) is 0 Å². The summed E-state index contributed by atoms with van der Waals surface area (Å²) in [4.78, 5) is 2.42. The first-order valence-corrected chi connectivity index (χ1v) is 17.7. The number of aliphatic hydroxyl groups excluding tert-OH is 2. The van der Waals surface area contributed by atoms with E-state index < -0.39 is 6.10 Å². The highest BCUT2D eigenvalue weighted by molar-refractivity contribution is 5.25. The van der Waals surface area contributed by atoms with Gasteiger partial charge in [0, 0.05) is 17.5 Å². The number of fused-ring (bicyclic) bond motifs is 7. The average molecular weight is 580 g/mol. The van der Waals surface area contributed by atoms with Gasteiger partial charge >= 0.3 is 0 Å². The van der Waals surface area contributed by atoms with Crippen LogP contribution in [0.2, 0.25) is 0 Å². The Kier molecular flexibility index (Phi) is 8.46. The summed E-state index contributed by atoms with van der Waals surface area (Å²) in [5, 5.41) is 23.1. The Hall–Kier alpha value is -0.820. The highest BCUT2D eigenvalue weighted by atomic mass is 16.3. The Balaban J connectivity index is 1.48. The molecule has 5 saturated carbocycles. The van der Waals surface area contributed by atoms with Crippen molar-refractivity contribution in [3.8, 4) is 11.8 Å². The molecule has 0 unspecified atom stereocenters. The van der Waals surface area contributed by atoms with Crippen molar-refractivity contribution >= 4 is 0 Å². The Bertz CT molecular complexity index is 1090. The van der Waals surface area contributed by atoms with Crippen molar-refractivity contribution in [2.75, 3.05) is 6.54 Å². The van der Waals surface area contributed by atoms with E-state index in [0.717, 1.165) is 32.2 Å². The largest absolute Gasteiger partial charge is 0.393 e. The maximum Gasteiger partial charge on any atom is 0.120 e. The lowest BCUT2D eigenvalue weighted by molar-refractivity contribution is -0.251. The molecule has 0 bridgehead atoms. The smallest absolute Gasteiger partial charge is 0.120 e. The van der Waals surface area contributed by atoms with Gasteiger partial charge in [-0.2, -0.15) is 0 Å². The van der Waals surface area contributed by atoms with E-state index in [4.69, 9.17) is 0 Å². The normalized spacial score (nSPS) is 46.7. The number of hydrogen-bond acceptors (Lipinski definition) is 3. The molecule has 0 aromatic carbocycles. The summed E-state index contributed by atoms with van der Waals surface area (Å²) < 4.78 is 0. The summed E-state index contributed by atoms with van der Waals surface area (Å²) in [7, 11) is 0. The van der Waals surface area contributed by atoms with Crippen LogP contribution in [0.25, 0.3) is 0 Å². The fourth-order valence-electron chi connectivity index (χ4n) is 13.0. The van der Waals surface area contributed by atoms with Crippen molar-refractivity contribution in [1.82, 2.24) is 4.90 Å². The van der Waals surface area contributed by atoms with Crippen LogP contribution in [0.5, 0.6) is 0 Å². The van der Waals surface area contributed by atoms with E-state index >= 15 is 0 Å². The molecule has 5 aliphatic rings. The van der Waals surface area contributed by atoms with Crippen LogP contribution in [0, 0.1) is 68.5 Å². The lowest BCUT2D eigenvalue weighted by Crippen LogP contribution is -2.67. The van der Waals surface area contributed by atoms with Gasteiger partial charge in [0.2, 0.25) is 0 Å². The van der Waals surface area contributed by atoms with E-state index in [2.05, 4.69) is 92.6 Å². The summed E-state index contributed by atoms with van der Waals surface area (Å²) in [5.41, 5.74) is 2.06. The highest BCUT2D eigenvalue weighted by Crippen LogP contribution is 2.77. The van der Waals surface area contributed by atoms with Crippen molar-refractivity contribution in [1.29, 1.82) is 0 Å². The van der Waals surface area contributed by atoms with Crippen LogP contribution in [-0.4, -0.2) is 45.9 Å². The SMILES string of the molecule is C=C(C)[C@@H]1CC[C@]2([C@@H](O)C#CCN(C(C)C)C(C)C)CC[C@]3(C)[C@H](CC[C@@H]4[C@@]5(C)CC[C@H](O)C(C)(C)[C@@H]5CC[C@]43C)[C@@H]12. The van der Waals surface area contributed by atoms with Gasteiger partial charge < -0.3 is 10.2 Å². The number of rotatable bonds is 5. The van der Waals surface area contributed by atoms with Gasteiger partial charge in [-0.1, -0.05) is 58.6 Å². The molecule has 3 heteroatoms. The van der Waals surface area contributed by atoms with Crippen LogP contribution in [0.3, 0.4) is 0 Å². The van der Waals surface area contributed by atoms with E-state index in [1.54, 1.807) is 0 Å². The topological polar surface area (TPSA) is 43.7 Å². The zero-order valence-electron chi connectivity index (χ0n) is 29.0. The molecule has 0 heterocycles. The Morgan fingerprint density at radius 1 is 0.833 bits per heavy atom. The van der Waals surface area contributed by atoms with E-state index in [0.29, 0.717) is 52.5 Å². The highest BCUT2D eigenvalue weighted by Gasteiger charge is 2.71. The molecule has 238 valence electrons. The molecule has 5 aliphatic carbocycles. The minimum Gasteiger partial charge on any atom is -0.393 e. The lowest BCUT2D eigenvalue weighted by atomic mass is 9.32. The van der Waals surface area contributed by atoms with Gasteiger partial charge in [0.15, 0.2) is 0 Å². The predicted octanol–water partition coefficient (Wildman–Crippen LogP) is 8.49. The molecule has 2 N–H and O–H groups in total. The Labute approximate surface area is 259 Å². The van der Waals surface area contributed by atoms with Crippen molar-refractivity contribution in [2.45, 2.75) is 158 Å². The van der Waals surface area contributed by atoms with Crippen LogP contribution in [0.1, 0.15) is 133 Å². The maximum absolute atomic E-state index is 12.0. The van der Waals surface area contributed by atoms with Gasteiger partial charge in [-0.15, -0.1) is 0 Å². The second-order valence-electron chi connectivity index (χ2n) is 17.9. The van der Waals surface area contributed by atoms with Crippen LogP contribution < -0.4 is 0 Å². The minimum absolute atomic E-state index is 0.00615. The van der Waals surface area contributed by atoms with Crippen molar-refractivity contribution in [2.24, 2.45) is 56.7 Å². The fourth-order valence-corrected chi connectivity index (χ4v) is 13.0. The third kappa shape index (κ3) is 4.54. The van der Waals surface area contributed by atoms with Crippen LogP contribution in [0.4, 0.5) is 0 Å². The Morgan fingerprint density at radius 2 is 1.50 bits per heavy atom. The molecule has 0 aliphatic heterocycles. The third-order valence-corrected chi connectivity index (χ3v) is 15.5. The van der Waals surface area contributed by atoms with Crippen LogP contribution in [-0.2, 0) is 0 Å². The average Bonchev–Trinajstić information content (AvgIpc) is 3.30. The Morgan fingerprint density at radius 3 is 2.12 bits per heavy atom. The molecule has 0 aromatic rings. The van der Waals surface area contributed by atoms with Gasteiger partial charge in [-0.25, -0.2) is 0 Å². The molecular weight excluding hydrogens is 514 g/mol. The van der Waals surface area contributed by atoms with Gasteiger partial charge in [0.05, 0.1) is 12.6 Å². The predicted molar refractivity (Wildman–Crippen MR) is 176 cm³/mol. The molecule has 0 amide bonds.